The number of benzene rings is 2. The van der Waals surface area contributed by atoms with Crippen molar-refractivity contribution in [1.29, 1.82) is 0 Å². The molecule has 2 aromatic rings. The van der Waals surface area contributed by atoms with Gasteiger partial charge in [-0.3, -0.25) is 4.79 Å². The van der Waals surface area contributed by atoms with Crippen molar-refractivity contribution in [1.82, 2.24) is 0 Å². The molecule has 156 valence electrons. The average Bonchev–Trinajstić information content (AvgIpc) is 2.74. The number of ether oxygens (including phenoxy) is 2. The second-order valence-electron chi connectivity index (χ2n) is 6.95. The molecule has 5 nitrogen and oxygen atoms in total. The SMILES string of the molecule is CCCCCCOc1ccc(C(=O)Nc2ccc(C(=O)OCCCC)cc2)cc1. The monoisotopic (exact) mass is 397 g/mol. The van der Waals surface area contributed by atoms with Crippen LogP contribution in [0.3, 0.4) is 0 Å². The summed E-state index contributed by atoms with van der Waals surface area (Å²) in [6.07, 6.45) is 6.47. The third-order valence-electron chi connectivity index (χ3n) is 4.49. The van der Waals surface area contributed by atoms with E-state index in [1.807, 2.05) is 19.1 Å². The van der Waals surface area contributed by atoms with E-state index in [0.29, 0.717) is 30.0 Å². The molecule has 0 saturated carbocycles. The van der Waals surface area contributed by atoms with Crippen LogP contribution < -0.4 is 10.1 Å². The smallest absolute Gasteiger partial charge is 0.338 e. The highest BCUT2D eigenvalue weighted by atomic mass is 16.5. The van der Waals surface area contributed by atoms with Crippen LogP contribution in [0.1, 0.15) is 73.1 Å². The Bertz CT molecular complexity index is 753. The fraction of sp³-hybridized carbons (Fsp3) is 0.417. The number of amides is 1. The van der Waals surface area contributed by atoms with Crippen molar-refractivity contribution in [2.75, 3.05) is 18.5 Å². The lowest BCUT2D eigenvalue weighted by Gasteiger charge is -2.09. The van der Waals surface area contributed by atoms with E-state index in [-0.39, 0.29) is 11.9 Å². The molecule has 2 aromatic carbocycles. The highest BCUT2D eigenvalue weighted by Gasteiger charge is 2.09. The molecule has 0 bridgehead atoms. The minimum Gasteiger partial charge on any atom is -0.494 e. The van der Waals surface area contributed by atoms with Crippen LogP contribution in [0, 0.1) is 0 Å². The van der Waals surface area contributed by atoms with Gasteiger partial charge < -0.3 is 14.8 Å². The van der Waals surface area contributed by atoms with Crippen molar-refractivity contribution >= 4 is 17.6 Å². The minimum atomic E-state index is -0.346. The Morgan fingerprint density at radius 3 is 2.07 bits per heavy atom. The minimum absolute atomic E-state index is 0.210. The molecule has 0 heterocycles. The van der Waals surface area contributed by atoms with Gasteiger partial charge >= 0.3 is 5.97 Å². The summed E-state index contributed by atoms with van der Waals surface area (Å²) in [6, 6.07) is 13.8. The molecule has 0 fully saturated rings. The highest BCUT2D eigenvalue weighted by molar-refractivity contribution is 6.04. The fourth-order valence-electron chi connectivity index (χ4n) is 2.71. The van der Waals surface area contributed by atoms with Gasteiger partial charge in [0.15, 0.2) is 0 Å². The second kappa shape index (κ2) is 12.6. The molecule has 1 N–H and O–H groups in total. The molecule has 5 heteroatoms. The van der Waals surface area contributed by atoms with Crippen LogP contribution in [0.5, 0.6) is 5.75 Å². The maximum Gasteiger partial charge on any atom is 0.338 e. The summed E-state index contributed by atoms with van der Waals surface area (Å²) in [6.45, 7) is 5.34. The Morgan fingerprint density at radius 2 is 1.41 bits per heavy atom. The van der Waals surface area contributed by atoms with E-state index in [1.54, 1.807) is 36.4 Å². The van der Waals surface area contributed by atoms with E-state index in [0.717, 1.165) is 25.0 Å². The number of nitrogens with one attached hydrogen (secondary N) is 1. The molecule has 0 radical (unpaired) electrons. The van der Waals surface area contributed by atoms with Crippen LogP contribution in [0.4, 0.5) is 5.69 Å². The van der Waals surface area contributed by atoms with Crippen molar-refractivity contribution in [2.24, 2.45) is 0 Å². The first-order valence-electron chi connectivity index (χ1n) is 10.5. The van der Waals surface area contributed by atoms with Gasteiger partial charge in [0.1, 0.15) is 5.75 Å². The summed E-state index contributed by atoms with van der Waals surface area (Å²) in [5, 5.41) is 2.83. The first-order valence-corrected chi connectivity index (χ1v) is 10.5. The number of carbonyl (C=O) groups is 2. The molecule has 0 aliphatic carbocycles. The van der Waals surface area contributed by atoms with E-state index < -0.39 is 0 Å². The summed E-state index contributed by atoms with van der Waals surface area (Å²) in [4.78, 5) is 24.3. The Hall–Kier alpha value is -2.82. The van der Waals surface area contributed by atoms with Gasteiger partial charge in [0.05, 0.1) is 18.8 Å². The van der Waals surface area contributed by atoms with Crippen LogP contribution in [0.2, 0.25) is 0 Å². The molecule has 2 rings (SSSR count). The highest BCUT2D eigenvalue weighted by Crippen LogP contribution is 2.16. The molecular formula is C24H31NO4. The van der Waals surface area contributed by atoms with Gasteiger partial charge in [0.25, 0.3) is 5.91 Å². The number of unbranched alkanes of at least 4 members (excludes halogenated alkanes) is 4. The van der Waals surface area contributed by atoms with Gasteiger partial charge in [-0.15, -0.1) is 0 Å². The van der Waals surface area contributed by atoms with Gasteiger partial charge in [-0.25, -0.2) is 4.79 Å². The summed E-state index contributed by atoms with van der Waals surface area (Å²) in [7, 11) is 0. The number of hydrogen-bond acceptors (Lipinski definition) is 4. The molecule has 0 saturated heterocycles. The molecule has 0 aromatic heterocycles. The Morgan fingerprint density at radius 1 is 0.759 bits per heavy atom. The van der Waals surface area contributed by atoms with Crippen LogP contribution in [0.15, 0.2) is 48.5 Å². The molecule has 0 aliphatic rings. The maximum atomic E-state index is 12.4. The fourth-order valence-corrected chi connectivity index (χ4v) is 2.71. The molecule has 0 atom stereocenters. The third-order valence-corrected chi connectivity index (χ3v) is 4.49. The molecule has 29 heavy (non-hydrogen) atoms. The Kier molecular flexibility index (Phi) is 9.76. The maximum absolute atomic E-state index is 12.4. The standard InChI is InChI=1S/C24H31NO4/c1-3-5-7-8-18-28-22-15-11-19(12-16-22)23(26)25-21-13-9-20(10-14-21)24(27)29-17-6-4-2/h9-16H,3-8,17-18H2,1-2H3,(H,25,26). The van der Waals surface area contributed by atoms with Crippen molar-refractivity contribution in [2.45, 2.75) is 52.4 Å². The quantitative estimate of drug-likeness (QED) is 0.360. The first-order chi connectivity index (χ1) is 14.1. The summed E-state index contributed by atoms with van der Waals surface area (Å²) >= 11 is 0. The zero-order chi connectivity index (χ0) is 20.9. The number of rotatable bonds is 12. The lowest BCUT2D eigenvalue weighted by Crippen LogP contribution is -2.12. The largest absolute Gasteiger partial charge is 0.494 e. The van der Waals surface area contributed by atoms with E-state index in [1.165, 1.54) is 19.3 Å². The van der Waals surface area contributed by atoms with E-state index in [2.05, 4.69) is 12.2 Å². The average molecular weight is 398 g/mol. The summed E-state index contributed by atoms with van der Waals surface area (Å²) < 4.78 is 10.9. The zero-order valence-electron chi connectivity index (χ0n) is 17.4. The third kappa shape index (κ3) is 7.98. The topological polar surface area (TPSA) is 64.6 Å². The van der Waals surface area contributed by atoms with Crippen LogP contribution >= 0.6 is 0 Å². The number of esters is 1. The van der Waals surface area contributed by atoms with Gasteiger partial charge in [0, 0.05) is 11.3 Å². The predicted octanol–water partition coefficient (Wildman–Crippen LogP) is 5.85. The van der Waals surface area contributed by atoms with Gasteiger partial charge in [-0.05, 0) is 61.4 Å². The van der Waals surface area contributed by atoms with Gasteiger partial charge in [0.2, 0.25) is 0 Å². The molecule has 0 spiro atoms. The number of carbonyl (C=O) groups excluding carboxylic acids is 2. The van der Waals surface area contributed by atoms with Crippen molar-refractivity contribution < 1.29 is 19.1 Å². The van der Waals surface area contributed by atoms with Crippen molar-refractivity contribution in [3.8, 4) is 5.75 Å². The molecule has 0 aliphatic heterocycles. The second-order valence-corrected chi connectivity index (χ2v) is 6.95. The summed E-state index contributed by atoms with van der Waals surface area (Å²) in [5.74, 6) is 0.211. The van der Waals surface area contributed by atoms with Crippen LogP contribution in [-0.4, -0.2) is 25.1 Å². The predicted molar refractivity (Wildman–Crippen MR) is 116 cm³/mol. The van der Waals surface area contributed by atoms with Gasteiger partial charge in [-0.2, -0.15) is 0 Å². The lowest BCUT2D eigenvalue weighted by atomic mass is 10.1. The number of hydrogen-bond donors (Lipinski definition) is 1. The number of anilines is 1. The molecule has 1 amide bonds. The normalized spacial score (nSPS) is 10.4. The van der Waals surface area contributed by atoms with Crippen molar-refractivity contribution in [3.63, 3.8) is 0 Å². The lowest BCUT2D eigenvalue weighted by molar-refractivity contribution is 0.0499. The van der Waals surface area contributed by atoms with Gasteiger partial charge in [-0.1, -0.05) is 39.5 Å². The van der Waals surface area contributed by atoms with Crippen LogP contribution in [-0.2, 0) is 4.74 Å². The summed E-state index contributed by atoms with van der Waals surface area (Å²) in [5.41, 5.74) is 1.64. The van der Waals surface area contributed by atoms with Crippen LogP contribution in [0.25, 0.3) is 0 Å². The zero-order valence-corrected chi connectivity index (χ0v) is 17.4. The van der Waals surface area contributed by atoms with E-state index in [4.69, 9.17) is 9.47 Å². The van der Waals surface area contributed by atoms with E-state index >= 15 is 0 Å². The van der Waals surface area contributed by atoms with E-state index in [9.17, 15) is 9.59 Å². The van der Waals surface area contributed by atoms with Crippen molar-refractivity contribution in [3.05, 3.63) is 59.7 Å². The molecule has 0 unspecified atom stereocenters. The Labute approximate surface area is 173 Å². The Balaban J connectivity index is 1.82. The molecular weight excluding hydrogens is 366 g/mol. The first kappa shape index (κ1) is 22.5.